The van der Waals surface area contributed by atoms with E-state index in [9.17, 15) is 4.79 Å². The molecule has 4 nitrogen and oxygen atoms in total. The molecule has 1 fully saturated rings. The van der Waals surface area contributed by atoms with Gasteiger partial charge in [0.2, 0.25) is 5.91 Å². The van der Waals surface area contributed by atoms with E-state index in [-0.39, 0.29) is 22.3 Å². The van der Waals surface area contributed by atoms with Crippen molar-refractivity contribution in [3.05, 3.63) is 115 Å². The summed E-state index contributed by atoms with van der Waals surface area (Å²) in [6, 6.07) is 36.4. The zero-order valence-electron chi connectivity index (χ0n) is 25.1. The lowest BCUT2D eigenvalue weighted by Crippen LogP contribution is -2.24. The van der Waals surface area contributed by atoms with Crippen LogP contribution in [0.3, 0.4) is 0 Å². The normalized spacial score (nSPS) is 14.7. The van der Waals surface area contributed by atoms with Gasteiger partial charge in [-0.05, 0) is 72.9 Å². The molecule has 1 unspecified atom stereocenters. The van der Waals surface area contributed by atoms with Gasteiger partial charge in [-0.15, -0.1) is 0 Å². The van der Waals surface area contributed by atoms with Crippen molar-refractivity contribution in [1.29, 1.82) is 0 Å². The summed E-state index contributed by atoms with van der Waals surface area (Å²) in [6.07, 6.45) is 7.50. The molecule has 1 aliphatic carbocycles. The van der Waals surface area contributed by atoms with Crippen LogP contribution in [0.1, 0.15) is 44.6 Å². The molecule has 1 amide bonds. The van der Waals surface area contributed by atoms with E-state index < -0.39 is 0 Å². The van der Waals surface area contributed by atoms with Gasteiger partial charge in [0.05, 0.1) is 0 Å². The molecule has 0 bridgehead atoms. The van der Waals surface area contributed by atoms with Crippen molar-refractivity contribution in [1.82, 2.24) is 9.97 Å². The predicted molar refractivity (Wildman–Crippen MR) is 187 cm³/mol. The largest absolute Gasteiger partial charge is 0.339 e. The molecule has 0 aliphatic heterocycles. The first-order valence-corrected chi connectivity index (χ1v) is 17.1. The van der Waals surface area contributed by atoms with Gasteiger partial charge in [0.25, 0.3) is 0 Å². The summed E-state index contributed by atoms with van der Waals surface area (Å²) >= 11 is 0. The smallest absolute Gasteiger partial charge is 0.227 e. The standard InChI is InChI=1S/C39H37N3OS/c1-2-44(32-16-10-5-11-17-32)26-27-18-23-35-33(24-27)37-36(29-12-6-3-7-13-29)34(25-40-38(37)42-35)28-19-21-31(22-20-28)41-39(43)30-14-8-4-9-15-30/h2-3,5-7,10-13,16-25,30H,4,8-9,14-15,26H2,1H3,(H,40,42)(H,41,43). The first-order valence-electron chi connectivity index (χ1n) is 15.6. The molecule has 0 saturated heterocycles. The second-order valence-corrected chi connectivity index (χ2v) is 13.8. The van der Waals surface area contributed by atoms with E-state index in [0.717, 1.165) is 70.4 Å². The van der Waals surface area contributed by atoms with Crippen molar-refractivity contribution < 1.29 is 4.79 Å². The number of nitrogens with zero attached hydrogens (tertiary/aromatic N) is 1. The number of hydrogen-bond acceptors (Lipinski definition) is 2. The summed E-state index contributed by atoms with van der Waals surface area (Å²) in [5.74, 6) is 1.24. The summed E-state index contributed by atoms with van der Waals surface area (Å²) < 4.78 is 0. The number of rotatable bonds is 7. The van der Waals surface area contributed by atoms with E-state index in [0.29, 0.717) is 0 Å². The van der Waals surface area contributed by atoms with Crippen molar-refractivity contribution in [2.24, 2.45) is 5.92 Å². The molecule has 44 heavy (non-hydrogen) atoms. The fraction of sp³-hybridized carbons (Fsp3) is 0.205. The highest BCUT2D eigenvalue weighted by Crippen LogP contribution is 2.41. The third kappa shape index (κ3) is 5.72. The maximum Gasteiger partial charge on any atom is 0.227 e. The zero-order chi connectivity index (χ0) is 29.9. The van der Waals surface area contributed by atoms with Crippen molar-refractivity contribution in [3.63, 3.8) is 0 Å². The average Bonchev–Trinajstić information content (AvgIpc) is 3.46. The number of carbonyl (C=O) groups excluding carboxylic acids is 1. The Balaban J connectivity index is 1.29. The molecular weight excluding hydrogens is 559 g/mol. The van der Waals surface area contributed by atoms with Gasteiger partial charge in [-0.25, -0.2) is 4.98 Å². The third-order valence-corrected chi connectivity index (χ3v) is 10.9. The highest BCUT2D eigenvalue weighted by molar-refractivity contribution is 8.14. The minimum Gasteiger partial charge on any atom is -0.339 e. The van der Waals surface area contributed by atoms with Crippen LogP contribution >= 0.6 is 10.5 Å². The number of carbonyl (C=O) groups is 1. The van der Waals surface area contributed by atoms with Crippen molar-refractivity contribution in [2.45, 2.75) is 49.7 Å². The van der Waals surface area contributed by atoms with Gasteiger partial charge in [-0.1, -0.05) is 91.4 Å². The monoisotopic (exact) mass is 595 g/mol. The Morgan fingerprint density at radius 1 is 0.886 bits per heavy atom. The molecule has 0 spiro atoms. The highest BCUT2D eigenvalue weighted by Gasteiger charge is 2.22. The van der Waals surface area contributed by atoms with Gasteiger partial charge >= 0.3 is 0 Å². The average molecular weight is 596 g/mol. The van der Waals surface area contributed by atoms with Crippen LogP contribution in [0.15, 0.2) is 114 Å². The molecule has 0 radical (unpaired) electrons. The molecule has 2 heterocycles. The molecular formula is C39H37N3OS. The quantitative estimate of drug-likeness (QED) is 0.180. The number of hydrogen-bond donors (Lipinski definition) is 2. The summed E-state index contributed by atoms with van der Waals surface area (Å²) in [5.41, 5.74) is 8.61. The van der Waals surface area contributed by atoms with Crippen LogP contribution in [0, 0.1) is 5.92 Å². The molecule has 5 heteroatoms. The minimum absolute atomic E-state index is 0.0248. The molecule has 4 aromatic carbocycles. The Bertz CT molecular complexity index is 1950. The molecule has 1 aliphatic rings. The van der Waals surface area contributed by atoms with E-state index in [1.165, 1.54) is 27.8 Å². The minimum atomic E-state index is 0.0248. The van der Waals surface area contributed by atoms with Crippen LogP contribution < -0.4 is 5.32 Å². The van der Waals surface area contributed by atoms with Crippen molar-refractivity contribution in [3.8, 4) is 22.3 Å². The molecule has 1 atom stereocenters. The number of amides is 1. The molecule has 2 N–H and O–H groups in total. The van der Waals surface area contributed by atoms with E-state index in [1.807, 2.05) is 18.3 Å². The number of anilines is 1. The molecule has 6 aromatic rings. The van der Waals surface area contributed by atoms with Crippen molar-refractivity contribution in [2.75, 3.05) is 5.32 Å². The van der Waals surface area contributed by atoms with Crippen molar-refractivity contribution >= 4 is 49.4 Å². The summed E-state index contributed by atoms with van der Waals surface area (Å²) in [4.78, 5) is 22.8. The van der Waals surface area contributed by atoms with Gasteiger partial charge in [0.1, 0.15) is 5.65 Å². The van der Waals surface area contributed by atoms with E-state index >= 15 is 0 Å². The SMILES string of the molecule is C/C=S(/Cc1ccc2[nH]c3ncc(-c4ccc(NC(=O)C5CCCCC5)cc4)c(-c4ccccc4)c3c2c1)c1ccccc1. The maximum absolute atomic E-state index is 12.9. The first kappa shape index (κ1) is 28.3. The number of fused-ring (bicyclic) bond motifs is 3. The Hall–Kier alpha value is -4.48. The van der Waals surface area contributed by atoms with E-state index in [2.05, 4.69) is 114 Å². The van der Waals surface area contributed by atoms with Crippen LogP contribution in [0.4, 0.5) is 5.69 Å². The predicted octanol–water partition coefficient (Wildman–Crippen LogP) is 10.2. The molecule has 220 valence electrons. The number of H-pyrrole nitrogens is 1. The number of nitrogens with one attached hydrogen (secondary N) is 2. The summed E-state index contributed by atoms with van der Waals surface area (Å²) in [7, 11) is 0.0248. The fourth-order valence-electron chi connectivity index (χ4n) is 6.54. The van der Waals surface area contributed by atoms with E-state index in [4.69, 9.17) is 4.98 Å². The topological polar surface area (TPSA) is 57.8 Å². The van der Waals surface area contributed by atoms with Crippen LogP contribution in [0.2, 0.25) is 0 Å². The molecule has 1 saturated carbocycles. The lowest BCUT2D eigenvalue weighted by Gasteiger charge is -2.20. The highest BCUT2D eigenvalue weighted by atomic mass is 32.2. The fourth-order valence-corrected chi connectivity index (χ4v) is 8.19. The van der Waals surface area contributed by atoms with Gasteiger partial charge in [0, 0.05) is 55.9 Å². The zero-order valence-corrected chi connectivity index (χ0v) is 25.9. The van der Waals surface area contributed by atoms with Gasteiger partial charge in [-0.2, -0.15) is 10.5 Å². The summed E-state index contributed by atoms with van der Waals surface area (Å²) in [5, 5.41) is 7.82. The third-order valence-electron chi connectivity index (χ3n) is 8.84. The van der Waals surface area contributed by atoms with Crippen LogP contribution in [0.5, 0.6) is 0 Å². The first-order chi connectivity index (χ1) is 21.7. The summed E-state index contributed by atoms with van der Waals surface area (Å²) in [6.45, 7) is 2.16. The maximum atomic E-state index is 12.9. The van der Waals surface area contributed by atoms with Crippen LogP contribution in [-0.2, 0) is 10.5 Å². The van der Waals surface area contributed by atoms with Gasteiger partial charge in [0.15, 0.2) is 0 Å². The van der Waals surface area contributed by atoms with Crippen LogP contribution in [-0.4, -0.2) is 21.2 Å². The molecule has 2 aromatic heterocycles. The Labute approximate surface area is 261 Å². The Morgan fingerprint density at radius 2 is 1.61 bits per heavy atom. The Kier molecular flexibility index (Phi) is 8.12. The second kappa shape index (κ2) is 12.6. The van der Waals surface area contributed by atoms with Crippen LogP contribution in [0.25, 0.3) is 44.2 Å². The van der Waals surface area contributed by atoms with Gasteiger partial charge in [-0.3, -0.25) is 4.79 Å². The number of aromatic amines is 1. The Morgan fingerprint density at radius 3 is 2.34 bits per heavy atom. The number of benzene rings is 4. The van der Waals surface area contributed by atoms with E-state index in [1.54, 1.807) is 0 Å². The lowest BCUT2D eigenvalue weighted by molar-refractivity contribution is -0.120. The second-order valence-electron chi connectivity index (χ2n) is 11.7. The number of pyridine rings is 1. The molecule has 7 rings (SSSR count). The lowest BCUT2D eigenvalue weighted by atomic mass is 9.88. The van der Waals surface area contributed by atoms with Gasteiger partial charge < -0.3 is 10.3 Å². The number of aromatic nitrogens is 2.